The van der Waals surface area contributed by atoms with Gasteiger partial charge in [0.05, 0.1) is 11.6 Å². The molecule has 0 radical (unpaired) electrons. The van der Waals surface area contributed by atoms with Crippen molar-refractivity contribution in [3.63, 3.8) is 0 Å². The molecule has 4 heteroatoms. The number of hydrogen-bond donors (Lipinski definition) is 0. The maximum atomic E-state index is 12.0. The Balaban J connectivity index is 1.84. The van der Waals surface area contributed by atoms with Gasteiger partial charge in [-0.1, -0.05) is 60.7 Å². The predicted molar refractivity (Wildman–Crippen MR) is 103 cm³/mol. The number of nitrogens with zero attached hydrogens (tertiary/aromatic N) is 1. The number of ether oxygens (including phenoxy) is 1. The summed E-state index contributed by atoms with van der Waals surface area (Å²) in [5.41, 5.74) is 2.48. The van der Waals surface area contributed by atoms with E-state index >= 15 is 0 Å². The maximum Gasteiger partial charge on any atom is 0.348 e. The van der Waals surface area contributed by atoms with Crippen molar-refractivity contribution in [3.8, 4) is 0 Å². The Morgan fingerprint density at radius 2 is 1.44 bits per heavy atom. The van der Waals surface area contributed by atoms with Gasteiger partial charge in [-0.05, 0) is 30.2 Å². The van der Waals surface area contributed by atoms with Gasteiger partial charge in [0.1, 0.15) is 4.88 Å². The highest BCUT2D eigenvalue weighted by Crippen LogP contribution is 2.29. The Bertz CT molecular complexity index is 758. The van der Waals surface area contributed by atoms with E-state index in [1.807, 2.05) is 31.2 Å². The number of carbonyl (C=O) groups excluding carboxylic acids is 1. The van der Waals surface area contributed by atoms with E-state index in [0.717, 1.165) is 18.1 Å². The Hall–Kier alpha value is -2.59. The first-order chi connectivity index (χ1) is 12.3. The van der Waals surface area contributed by atoms with Crippen LogP contribution < -0.4 is 4.90 Å². The minimum Gasteiger partial charge on any atom is -0.462 e. The quantitative estimate of drug-likeness (QED) is 0.553. The first-order valence-electron chi connectivity index (χ1n) is 8.36. The second kappa shape index (κ2) is 8.49. The number of esters is 1. The van der Waals surface area contributed by atoms with E-state index in [4.69, 9.17) is 4.74 Å². The zero-order valence-electron chi connectivity index (χ0n) is 14.2. The summed E-state index contributed by atoms with van der Waals surface area (Å²) in [4.78, 5) is 14.9. The molecule has 25 heavy (non-hydrogen) atoms. The van der Waals surface area contributed by atoms with Crippen LogP contribution in [0.3, 0.4) is 0 Å². The first kappa shape index (κ1) is 17.2. The summed E-state index contributed by atoms with van der Waals surface area (Å²) in [5, 5.41) is 1.07. The molecule has 0 aliphatic carbocycles. The molecule has 1 aromatic heterocycles. The van der Waals surface area contributed by atoms with Crippen LogP contribution in [0.2, 0.25) is 0 Å². The highest BCUT2D eigenvalue weighted by Gasteiger charge is 2.15. The molecular formula is C21H21NO2S. The fraction of sp³-hybridized carbons (Fsp3) is 0.190. The lowest BCUT2D eigenvalue weighted by molar-refractivity contribution is 0.0532. The standard InChI is InChI=1S/C21H21NO2S/c1-2-24-21(23)19-13-14-20(25-19)22(15-17-9-5-3-6-10-17)16-18-11-7-4-8-12-18/h3-14H,2,15-16H2,1H3. The minimum absolute atomic E-state index is 0.252. The van der Waals surface area contributed by atoms with Crippen LogP contribution in [0.5, 0.6) is 0 Å². The Labute approximate surface area is 152 Å². The average molecular weight is 351 g/mol. The SMILES string of the molecule is CCOC(=O)c1ccc(N(Cc2ccccc2)Cc2ccccc2)s1. The van der Waals surface area contributed by atoms with E-state index in [-0.39, 0.29) is 5.97 Å². The van der Waals surface area contributed by atoms with Crippen LogP contribution in [0.1, 0.15) is 27.7 Å². The summed E-state index contributed by atoms with van der Waals surface area (Å²) in [6, 6.07) is 24.6. The van der Waals surface area contributed by atoms with E-state index in [2.05, 4.69) is 53.4 Å². The van der Waals surface area contributed by atoms with Gasteiger partial charge in [-0.25, -0.2) is 4.79 Å². The summed E-state index contributed by atoms with van der Waals surface area (Å²) in [7, 11) is 0. The van der Waals surface area contributed by atoms with Crippen LogP contribution in [-0.2, 0) is 17.8 Å². The summed E-state index contributed by atoms with van der Waals surface area (Å²) in [5.74, 6) is -0.252. The highest BCUT2D eigenvalue weighted by molar-refractivity contribution is 7.17. The van der Waals surface area contributed by atoms with Gasteiger partial charge in [0, 0.05) is 13.1 Å². The molecule has 3 rings (SSSR count). The zero-order valence-corrected chi connectivity index (χ0v) is 15.0. The predicted octanol–water partition coefficient (Wildman–Crippen LogP) is 5.13. The number of hydrogen-bond acceptors (Lipinski definition) is 4. The molecule has 3 aromatic rings. The van der Waals surface area contributed by atoms with Gasteiger partial charge in [0.25, 0.3) is 0 Å². The number of rotatable bonds is 7. The van der Waals surface area contributed by atoms with Gasteiger partial charge in [-0.2, -0.15) is 0 Å². The molecule has 0 saturated heterocycles. The lowest BCUT2D eigenvalue weighted by Gasteiger charge is -2.23. The van der Waals surface area contributed by atoms with E-state index < -0.39 is 0 Å². The van der Waals surface area contributed by atoms with Crippen molar-refractivity contribution in [2.75, 3.05) is 11.5 Å². The molecule has 0 aliphatic heterocycles. The van der Waals surface area contributed by atoms with Crippen LogP contribution in [0.25, 0.3) is 0 Å². The molecule has 0 fully saturated rings. The molecule has 0 aliphatic rings. The molecule has 3 nitrogen and oxygen atoms in total. The minimum atomic E-state index is -0.252. The molecule has 0 amide bonds. The number of thiophene rings is 1. The molecule has 2 aromatic carbocycles. The Kier molecular flexibility index (Phi) is 5.86. The Morgan fingerprint density at radius 1 is 0.880 bits per heavy atom. The summed E-state index contributed by atoms with van der Waals surface area (Å²) in [6.07, 6.45) is 0. The van der Waals surface area contributed by atoms with Gasteiger partial charge in [0.15, 0.2) is 0 Å². The summed E-state index contributed by atoms with van der Waals surface area (Å²) >= 11 is 1.48. The van der Waals surface area contributed by atoms with Gasteiger partial charge in [-0.15, -0.1) is 11.3 Å². The number of anilines is 1. The smallest absolute Gasteiger partial charge is 0.348 e. The van der Waals surface area contributed by atoms with E-state index in [0.29, 0.717) is 11.5 Å². The largest absolute Gasteiger partial charge is 0.462 e. The molecule has 0 atom stereocenters. The third-order valence-electron chi connectivity index (χ3n) is 3.81. The first-order valence-corrected chi connectivity index (χ1v) is 9.17. The van der Waals surface area contributed by atoms with Crippen LogP contribution in [0, 0.1) is 0 Å². The highest BCUT2D eigenvalue weighted by atomic mass is 32.1. The normalized spacial score (nSPS) is 10.4. The molecule has 128 valence electrons. The van der Waals surface area contributed by atoms with Gasteiger partial charge < -0.3 is 9.64 Å². The van der Waals surface area contributed by atoms with Gasteiger partial charge >= 0.3 is 5.97 Å². The van der Waals surface area contributed by atoms with Crippen molar-refractivity contribution < 1.29 is 9.53 Å². The average Bonchev–Trinajstić information content (AvgIpc) is 3.13. The van der Waals surface area contributed by atoms with E-state index in [1.165, 1.54) is 22.5 Å². The van der Waals surface area contributed by atoms with Crippen molar-refractivity contribution in [2.24, 2.45) is 0 Å². The fourth-order valence-electron chi connectivity index (χ4n) is 2.63. The van der Waals surface area contributed by atoms with Crippen LogP contribution in [-0.4, -0.2) is 12.6 Å². The number of carbonyl (C=O) groups is 1. The zero-order chi connectivity index (χ0) is 17.5. The third kappa shape index (κ3) is 4.70. The Morgan fingerprint density at radius 3 is 1.96 bits per heavy atom. The van der Waals surface area contributed by atoms with Gasteiger partial charge in [0.2, 0.25) is 0 Å². The van der Waals surface area contributed by atoms with Crippen LogP contribution >= 0.6 is 11.3 Å². The third-order valence-corrected chi connectivity index (χ3v) is 4.94. The molecule has 0 spiro atoms. The molecule has 0 N–H and O–H groups in total. The second-order valence-corrected chi connectivity index (χ2v) is 6.75. The van der Waals surface area contributed by atoms with Crippen molar-refractivity contribution in [1.29, 1.82) is 0 Å². The molecule has 1 heterocycles. The van der Waals surface area contributed by atoms with Crippen molar-refractivity contribution >= 4 is 22.3 Å². The number of benzene rings is 2. The van der Waals surface area contributed by atoms with Crippen molar-refractivity contribution in [2.45, 2.75) is 20.0 Å². The monoisotopic (exact) mass is 351 g/mol. The van der Waals surface area contributed by atoms with E-state index in [9.17, 15) is 4.79 Å². The maximum absolute atomic E-state index is 12.0. The van der Waals surface area contributed by atoms with Crippen molar-refractivity contribution in [1.82, 2.24) is 0 Å². The summed E-state index contributed by atoms with van der Waals surface area (Å²) in [6.45, 7) is 3.80. The lowest BCUT2D eigenvalue weighted by Crippen LogP contribution is -2.21. The lowest BCUT2D eigenvalue weighted by atomic mass is 10.2. The van der Waals surface area contributed by atoms with Crippen LogP contribution in [0.15, 0.2) is 72.8 Å². The van der Waals surface area contributed by atoms with E-state index in [1.54, 1.807) is 0 Å². The van der Waals surface area contributed by atoms with Crippen molar-refractivity contribution in [3.05, 3.63) is 88.8 Å². The van der Waals surface area contributed by atoms with Gasteiger partial charge in [-0.3, -0.25) is 0 Å². The topological polar surface area (TPSA) is 29.5 Å². The molecule has 0 unspecified atom stereocenters. The van der Waals surface area contributed by atoms with Crippen LogP contribution in [0.4, 0.5) is 5.00 Å². The fourth-order valence-corrected chi connectivity index (χ4v) is 3.53. The second-order valence-electron chi connectivity index (χ2n) is 5.69. The summed E-state index contributed by atoms with van der Waals surface area (Å²) < 4.78 is 5.11. The molecular weight excluding hydrogens is 330 g/mol. The molecule has 0 bridgehead atoms. The molecule has 0 saturated carbocycles.